The first-order valence-corrected chi connectivity index (χ1v) is 11.4. The van der Waals surface area contributed by atoms with Gasteiger partial charge in [-0.05, 0) is 56.2 Å². The second kappa shape index (κ2) is 9.74. The summed E-state index contributed by atoms with van der Waals surface area (Å²) in [6.45, 7) is 5.04. The summed E-state index contributed by atoms with van der Waals surface area (Å²) in [5, 5.41) is 3.77. The van der Waals surface area contributed by atoms with Crippen molar-refractivity contribution in [2.24, 2.45) is 5.10 Å². The largest absolute Gasteiger partial charge is 0.271 e. The number of nitrogens with zero attached hydrogens (tertiary/aromatic N) is 2. The summed E-state index contributed by atoms with van der Waals surface area (Å²) >= 11 is 0. The minimum Gasteiger partial charge on any atom is -0.271 e. The van der Waals surface area contributed by atoms with Crippen molar-refractivity contribution >= 4 is 27.8 Å². The van der Waals surface area contributed by atoms with Crippen LogP contribution in [-0.4, -0.2) is 27.1 Å². The summed E-state index contributed by atoms with van der Waals surface area (Å²) in [5.74, 6) is -1.14. The molecule has 0 aliphatic rings. The molecule has 0 saturated heterocycles. The highest BCUT2D eigenvalue weighted by Gasteiger charge is 2.28. The Hall–Kier alpha value is -3.52. The minimum atomic E-state index is -4.03. The lowest BCUT2D eigenvalue weighted by molar-refractivity contribution is -0.119. The Bertz CT molecular complexity index is 1260. The number of aryl methyl sites for hydroxylation is 2. The van der Waals surface area contributed by atoms with E-state index in [0.29, 0.717) is 5.69 Å². The molecule has 8 heteroatoms. The Labute approximate surface area is 187 Å². The van der Waals surface area contributed by atoms with E-state index in [1.807, 2.05) is 19.9 Å². The van der Waals surface area contributed by atoms with Crippen molar-refractivity contribution in [2.45, 2.75) is 25.7 Å². The average molecular weight is 454 g/mol. The maximum Gasteiger partial charge on any atom is 0.264 e. The number of sulfonamides is 1. The number of carbonyl (C=O) groups excluding carboxylic acids is 1. The van der Waals surface area contributed by atoms with Crippen LogP contribution in [0.1, 0.15) is 22.3 Å². The van der Waals surface area contributed by atoms with Gasteiger partial charge in [0.15, 0.2) is 0 Å². The van der Waals surface area contributed by atoms with E-state index in [0.717, 1.165) is 21.0 Å². The summed E-state index contributed by atoms with van der Waals surface area (Å²) in [4.78, 5) is 12.7. The number of hydrazone groups is 1. The molecule has 0 aliphatic carbocycles. The van der Waals surface area contributed by atoms with Crippen LogP contribution in [0.4, 0.5) is 10.1 Å². The smallest absolute Gasteiger partial charge is 0.264 e. The number of benzene rings is 3. The van der Waals surface area contributed by atoms with Gasteiger partial charge in [0, 0.05) is 5.56 Å². The molecule has 0 saturated carbocycles. The molecule has 0 bridgehead atoms. The number of rotatable bonds is 7. The van der Waals surface area contributed by atoms with Crippen LogP contribution >= 0.6 is 0 Å². The first-order chi connectivity index (χ1) is 15.2. The van der Waals surface area contributed by atoms with Gasteiger partial charge >= 0.3 is 0 Å². The van der Waals surface area contributed by atoms with Gasteiger partial charge in [-0.25, -0.2) is 18.2 Å². The van der Waals surface area contributed by atoms with Crippen LogP contribution in [0.5, 0.6) is 0 Å². The molecular weight excluding hydrogens is 429 g/mol. The number of anilines is 1. The van der Waals surface area contributed by atoms with Crippen LogP contribution in [0.15, 0.2) is 76.7 Å². The van der Waals surface area contributed by atoms with Crippen LogP contribution in [-0.2, 0) is 14.8 Å². The lowest BCUT2D eigenvalue weighted by Crippen LogP contribution is -2.40. The predicted octanol–water partition coefficient (Wildman–Crippen LogP) is 4.10. The molecule has 3 rings (SSSR count). The Morgan fingerprint density at radius 3 is 2.38 bits per heavy atom. The first-order valence-electron chi connectivity index (χ1n) is 9.92. The van der Waals surface area contributed by atoms with Gasteiger partial charge in [0.2, 0.25) is 0 Å². The van der Waals surface area contributed by atoms with Gasteiger partial charge in [0.1, 0.15) is 12.4 Å². The topological polar surface area (TPSA) is 78.8 Å². The summed E-state index contributed by atoms with van der Waals surface area (Å²) in [7, 11) is -4.03. The van der Waals surface area contributed by atoms with E-state index in [1.165, 1.54) is 30.5 Å². The molecule has 0 radical (unpaired) electrons. The van der Waals surface area contributed by atoms with E-state index in [4.69, 9.17) is 0 Å². The Kier molecular flexibility index (Phi) is 7.05. The molecule has 32 heavy (non-hydrogen) atoms. The third-order valence-corrected chi connectivity index (χ3v) is 6.81. The maximum absolute atomic E-state index is 13.7. The molecule has 0 unspecified atom stereocenters. The molecule has 3 aromatic carbocycles. The third-order valence-electron chi connectivity index (χ3n) is 5.04. The quantitative estimate of drug-likeness (QED) is 0.432. The maximum atomic E-state index is 13.7. The Morgan fingerprint density at radius 2 is 1.69 bits per heavy atom. The van der Waals surface area contributed by atoms with Crippen LogP contribution in [0.2, 0.25) is 0 Å². The zero-order valence-electron chi connectivity index (χ0n) is 18.0. The molecule has 0 aromatic heterocycles. The van der Waals surface area contributed by atoms with Crippen LogP contribution in [0.3, 0.4) is 0 Å². The molecule has 0 spiro atoms. The second-order valence-electron chi connectivity index (χ2n) is 7.36. The van der Waals surface area contributed by atoms with Crippen LogP contribution < -0.4 is 9.73 Å². The van der Waals surface area contributed by atoms with Crippen LogP contribution in [0.25, 0.3) is 0 Å². The molecular formula is C24H24FN3O3S. The zero-order valence-corrected chi connectivity index (χ0v) is 18.9. The lowest BCUT2D eigenvalue weighted by atomic mass is 10.1. The van der Waals surface area contributed by atoms with Gasteiger partial charge in [-0.3, -0.25) is 9.10 Å². The molecule has 0 heterocycles. The molecule has 1 amide bonds. The zero-order chi connectivity index (χ0) is 23.3. The summed E-state index contributed by atoms with van der Waals surface area (Å²) in [5.41, 5.74) is 5.44. The first kappa shape index (κ1) is 23.1. The standard InChI is InChI=1S/C24H24FN3O3S/c1-17-11-13-21(14-12-17)32(30,31)28(23-10-6-7-18(2)19(23)3)16-24(29)27-26-15-20-8-4-5-9-22(20)25/h4-15H,16H2,1-3H3,(H,27,29)/b26-15-. The number of amides is 1. The van der Waals surface area contributed by atoms with Crippen molar-refractivity contribution in [1.29, 1.82) is 0 Å². The van der Waals surface area contributed by atoms with Gasteiger partial charge < -0.3 is 0 Å². The van der Waals surface area contributed by atoms with Gasteiger partial charge in [-0.2, -0.15) is 5.10 Å². The second-order valence-corrected chi connectivity index (χ2v) is 9.22. The van der Waals surface area contributed by atoms with Crippen molar-refractivity contribution in [1.82, 2.24) is 5.43 Å². The molecule has 0 aliphatic heterocycles. The molecule has 6 nitrogen and oxygen atoms in total. The van der Waals surface area contributed by atoms with Gasteiger partial charge in [-0.15, -0.1) is 0 Å². The highest BCUT2D eigenvalue weighted by molar-refractivity contribution is 7.92. The summed E-state index contributed by atoms with van der Waals surface area (Å²) in [6, 6.07) is 17.7. The molecule has 1 N–H and O–H groups in total. The number of halogens is 1. The monoisotopic (exact) mass is 453 g/mol. The van der Waals surface area contributed by atoms with Gasteiger partial charge in [-0.1, -0.05) is 48.0 Å². The van der Waals surface area contributed by atoms with E-state index in [-0.39, 0.29) is 10.5 Å². The molecule has 0 fully saturated rings. The molecule has 3 aromatic rings. The predicted molar refractivity (Wildman–Crippen MR) is 124 cm³/mol. The van der Waals surface area contributed by atoms with E-state index >= 15 is 0 Å². The van der Waals surface area contributed by atoms with E-state index in [2.05, 4.69) is 10.5 Å². The normalized spacial score (nSPS) is 11.5. The average Bonchev–Trinajstić information content (AvgIpc) is 2.76. The number of carbonyl (C=O) groups is 1. The fraction of sp³-hybridized carbons (Fsp3) is 0.167. The van der Waals surface area contributed by atoms with E-state index in [9.17, 15) is 17.6 Å². The van der Waals surface area contributed by atoms with Crippen molar-refractivity contribution in [3.05, 3.63) is 94.8 Å². The highest BCUT2D eigenvalue weighted by atomic mass is 32.2. The molecule has 166 valence electrons. The Morgan fingerprint density at radius 1 is 1.00 bits per heavy atom. The lowest BCUT2D eigenvalue weighted by Gasteiger charge is -2.26. The third kappa shape index (κ3) is 5.20. The number of nitrogens with one attached hydrogen (secondary N) is 1. The van der Waals surface area contributed by atoms with E-state index in [1.54, 1.807) is 43.3 Å². The van der Waals surface area contributed by atoms with Gasteiger partial charge in [0.25, 0.3) is 15.9 Å². The Balaban J connectivity index is 1.91. The number of hydrogen-bond donors (Lipinski definition) is 1. The summed E-state index contributed by atoms with van der Waals surface area (Å²) in [6.07, 6.45) is 1.17. The van der Waals surface area contributed by atoms with Gasteiger partial charge in [0.05, 0.1) is 16.8 Å². The molecule has 0 atom stereocenters. The SMILES string of the molecule is Cc1ccc(S(=O)(=O)N(CC(=O)N/N=C\c2ccccc2F)c2cccc(C)c2C)cc1. The minimum absolute atomic E-state index is 0.0756. The summed E-state index contributed by atoms with van der Waals surface area (Å²) < 4.78 is 41.7. The van der Waals surface area contributed by atoms with Crippen LogP contribution in [0, 0.1) is 26.6 Å². The fourth-order valence-electron chi connectivity index (χ4n) is 3.06. The van der Waals surface area contributed by atoms with Crippen molar-refractivity contribution < 1.29 is 17.6 Å². The van der Waals surface area contributed by atoms with Crippen molar-refractivity contribution in [3.8, 4) is 0 Å². The van der Waals surface area contributed by atoms with Crippen molar-refractivity contribution in [3.63, 3.8) is 0 Å². The fourth-order valence-corrected chi connectivity index (χ4v) is 4.54. The van der Waals surface area contributed by atoms with Crippen molar-refractivity contribution in [2.75, 3.05) is 10.8 Å². The number of hydrogen-bond acceptors (Lipinski definition) is 4. The highest BCUT2D eigenvalue weighted by Crippen LogP contribution is 2.28. The van der Waals surface area contributed by atoms with E-state index < -0.39 is 28.3 Å².